The number of hydrogen-bond acceptors (Lipinski definition) is 5. The Bertz CT molecular complexity index is 1160. The SMILES string of the molecule is CCN(CC)c1ccc(/C=C2\Oc3c(ccc(OCc4ccc(OC)cc4)c3C)C2=O)cc1. The van der Waals surface area contributed by atoms with Gasteiger partial charge in [-0.1, -0.05) is 24.3 Å². The molecule has 5 nitrogen and oxygen atoms in total. The Hall–Kier alpha value is -3.73. The Balaban J connectivity index is 1.50. The summed E-state index contributed by atoms with van der Waals surface area (Å²) < 4.78 is 17.2. The lowest BCUT2D eigenvalue weighted by molar-refractivity contribution is 0.101. The Morgan fingerprint density at radius 1 is 0.939 bits per heavy atom. The van der Waals surface area contributed by atoms with Gasteiger partial charge in [0.2, 0.25) is 5.78 Å². The van der Waals surface area contributed by atoms with Crippen LogP contribution in [0, 0.1) is 6.92 Å². The van der Waals surface area contributed by atoms with Crippen molar-refractivity contribution < 1.29 is 19.0 Å². The van der Waals surface area contributed by atoms with Gasteiger partial charge in [-0.3, -0.25) is 4.79 Å². The van der Waals surface area contributed by atoms with Gasteiger partial charge in [0.05, 0.1) is 12.7 Å². The number of rotatable bonds is 8. The fraction of sp³-hybridized carbons (Fsp3) is 0.250. The van der Waals surface area contributed by atoms with E-state index in [9.17, 15) is 4.79 Å². The van der Waals surface area contributed by atoms with Gasteiger partial charge in [-0.2, -0.15) is 0 Å². The molecule has 3 aromatic rings. The highest BCUT2D eigenvalue weighted by Crippen LogP contribution is 2.39. The van der Waals surface area contributed by atoms with E-state index in [2.05, 4.69) is 30.9 Å². The summed E-state index contributed by atoms with van der Waals surface area (Å²) >= 11 is 0. The molecule has 33 heavy (non-hydrogen) atoms. The third kappa shape index (κ3) is 4.72. The summed E-state index contributed by atoms with van der Waals surface area (Å²) in [7, 11) is 1.64. The van der Waals surface area contributed by atoms with Crippen LogP contribution in [0.1, 0.15) is 40.9 Å². The predicted molar refractivity (Wildman–Crippen MR) is 131 cm³/mol. The molecular formula is C28H29NO4. The molecule has 170 valence electrons. The van der Waals surface area contributed by atoms with Crippen molar-refractivity contribution in [3.05, 3.63) is 88.7 Å². The average Bonchev–Trinajstić information content (AvgIpc) is 3.16. The first-order valence-electron chi connectivity index (χ1n) is 11.2. The number of carbonyl (C=O) groups excluding carboxylic acids is 1. The summed E-state index contributed by atoms with van der Waals surface area (Å²) in [6, 6.07) is 19.5. The van der Waals surface area contributed by atoms with Crippen LogP contribution in [0.15, 0.2) is 66.4 Å². The Morgan fingerprint density at radius 3 is 2.27 bits per heavy atom. The summed E-state index contributed by atoms with van der Waals surface area (Å²) in [5.74, 6) is 2.29. The maximum absolute atomic E-state index is 12.9. The van der Waals surface area contributed by atoms with Crippen molar-refractivity contribution in [1.82, 2.24) is 0 Å². The molecule has 0 aromatic heterocycles. The minimum atomic E-state index is -0.109. The van der Waals surface area contributed by atoms with Gasteiger partial charge < -0.3 is 19.1 Å². The number of allylic oxidation sites excluding steroid dienone is 1. The highest BCUT2D eigenvalue weighted by Gasteiger charge is 2.30. The molecule has 0 fully saturated rings. The summed E-state index contributed by atoms with van der Waals surface area (Å²) in [6.07, 6.45) is 1.80. The summed E-state index contributed by atoms with van der Waals surface area (Å²) in [4.78, 5) is 15.2. The van der Waals surface area contributed by atoms with Crippen molar-refractivity contribution >= 4 is 17.5 Å². The van der Waals surface area contributed by atoms with E-state index in [4.69, 9.17) is 14.2 Å². The molecule has 1 aliphatic heterocycles. The molecule has 0 spiro atoms. The van der Waals surface area contributed by atoms with E-state index in [1.54, 1.807) is 19.3 Å². The lowest BCUT2D eigenvalue weighted by Crippen LogP contribution is -2.21. The molecule has 0 radical (unpaired) electrons. The van der Waals surface area contributed by atoms with E-state index >= 15 is 0 Å². The normalized spacial score (nSPS) is 13.6. The molecule has 5 heteroatoms. The first-order chi connectivity index (χ1) is 16.0. The Labute approximate surface area is 195 Å². The second-order valence-electron chi connectivity index (χ2n) is 7.91. The number of Topliss-reactive ketones (excluding diaryl/α,β-unsaturated/α-hetero) is 1. The van der Waals surface area contributed by atoms with Crippen molar-refractivity contribution in [2.24, 2.45) is 0 Å². The molecular weight excluding hydrogens is 414 g/mol. The van der Waals surface area contributed by atoms with Gasteiger partial charge in [0.15, 0.2) is 5.76 Å². The molecule has 0 N–H and O–H groups in total. The van der Waals surface area contributed by atoms with Crippen LogP contribution >= 0.6 is 0 Å². The highest BCUT2D eigenvalue weighted by molar-refractivity contribution is 6.15. The van der Waals surface area contributed by atoms with Crippen LogP contribution in [0.4, 0.5) is 5.69 Å². The van der Waals surface area contributed by atoms with E-state index in [1.165, 1.54) is 5.69 Å². The third-order valence-electron chi connectivity index (χ3n) is 5.91. The first-order valence-corrected chi connectivity index (χ1v) is 11.2. The fourth-order valence-electron chi connectivity index (χ4n) is 3.93. The number of nitrogens with zero attached hydrogens (tertiary/aromatic N) is 1. The Morgan fingerprint density at radius 2 is 1.64 bits per heavy atom. The van der Waals surface area contributed by atoms with Crippen LogP contribution in [0.2, 0.25) is 0 Å². The number of hydrogen-bond donors (Lipinski definition) is 0. The van der Waals surface area contributed by atoms with Crippen molar-refractivity contribution in [1.29, 1.82) is 0 Å². The van der Waals surface area contributed by atoms with Crippen LogP contribution in [0.25, 0.3) is 6.08 Å². The summed E-state index contributed by atoms with van der Waals surface area (Å²) in [5.41, 5.74) is 4.50. The fourth-order valence-corrected chi connectivity index (χ4v) is 3.93. The van der Waals surface area contributed by atoms with E-state index in [0.717, 1.165) is 35.5 Å². The molecule has 0 amide bonds. The van der Waals surface area contributed by atoms with Gasteiger partial charge in [0.1, 0.15) is 23.9 Å². The van der Waals surface area contributed by atoms with Gasteiger partial charge in [0, 0.05) is 24.3 Å². The monoisotopic (exact) mass is 443 g/mol. The van der Waals surface area contributed by atoms with Gasteiger partial charge in [-0.25, -0.2) is 0 Å². The maximum atomic E-state index is 12.9. The molecule has 3 aromatic carbocycles. The van der Waals surface area contributed by atoms with Crippen molar-refractivity contribution in [3.63, 3.8) is 0 Å². The zero-order valence-corrected chi connectivity index (χ0v) is 19.6. The average molecular weight is 444 g/mol. The topological polar surface area (TPSA) is 48.0 Å². The summed E-state index contributed by atoms with van der Waals surface area (Å²) in [6.45, 7) is 8.51. The van der Waals surface area contributed by atoms with E-state index in [1.807, 2.05) is 49.4 Å². The predicted octanol–water partition coefficient (Wildman–Crippen LogP) is 6.05. The highest BCUT2D eigenvalue weighted by atomic mass is 16.5. The second kappa shape index (κ2) is 9.82. The number of ether oxygens (including phenoxy) is 3. The number of benzene rings is 3. The standard InChI is InChI=1S/C28H29NO4/c1-5-29(6-2)22-11-7-20(8-12-22)17-26-27(30)24-15-16-25(19(3)28(24)33-26)32-18-21-9-13-23(31-4)14-10-21/h7-17H,5-6,18H2,1-4H3/b26-17-. The molecule has 0 saturated heterocycles. The van der Waals surface area contributed by atoms with Crippen molar-refractivity contribution in [2.45, 2.75) is 27.4 Å². The molecule has 4 rings (SSSR count). The van der Waals surface area contributed by atoms with Gasteiger partial charge in [-0.15, -0.1) is 0 Å². The molecule has 0 unspecified atom stereocenters. The quantitative estimate of drug-likeness (QED) is 0.397. The van der Waals surface area contributed by atoms with Crippen LogP contribution in [-0.4, -0.2) is 26.0 Å². The molecule has 0 saturated carbocycles. The second-order valence-corrected chi connectivity index (χ2v) is 7.91. The van der Waals surface area contributed by atoms with E-state index in [0.29, 0.717) is 29.4 Å². The zero-order valence-electron chi connectivity index (χ0n) is 19.6. The number of fused-ring (bicyclic) bond motifs is 1. The Kier molecular flexibility index (Phi) is 6.68. The molecule has 0 aliphatic carbocycles. The smallest absolute Gasteiger partial charge is 0.231 e. The van der Waals surface area contributed by atoms with Crippen molar-refractivity contribution in [2.75, 3.05) is 25.1 Å². The van der Waals surface area contributed by atoms with Gasteiger partial charge >= 0.3 is 0 Å². The molecule has 0 atom stereocenters. The molecule has 1 aliphatic rings. The molecule has 0 bridgehead atoms. The lowest BCUT2D eigenvalue weighted by atomic mass is 10.1. The van der Waals surface area contributed by atoms with E-state index in [-0.39, 0.29) is 5.78 Å². The first kappa shape index (κ1) is 22.5. The van der Waals surface area contributed by atoms with Crippen LogP contribution in [-0.2, 0) is 6.61 Å². The summed E-state index contributed by atoms with van der Waals surface area (Å²) in [5, 5.41) is 0. The lowest BCUT2D eigenvalue weighted by Gasteiger charge is -2.20. The van der Waals surface area contributed by atoms with Crippen LogP contribution in [0.3, 0.4) is 0 Å². The number of ketones is 1. The number of anilines is 1. The van der Waals surface area contributed by atoms with Gasteiger partial charge in [-0.05, 0) is 74.4 Å². The number of methoxy groups -OCH3 is 1. The van der Waals surface area contributed by atoms with Crippen molar-refractivity contribution in [3.8, 4) is 17.2 Å². The maximum Gasteiger partial charge on any atom is 0.231 e. The van der Waals surface area contributed by atoms with Gasteiger partial charge in [0.25, 0.3) is 0 Å². The minimum Gasteiger partial charge on any atom is -0.497 e. The van der Waals surface area contributed by atoms with Crippen LogP contribution in [0.5, 0.6) is 17.2 Å². The third-order valence-corrected chi connectivity index (χ3v) is 5.91. The largest absolute Gasteiger partial charge is 0.497 e. The number of carbonyl (C=O) groups is 1. The molecule has 1 heterocycles. The van der Waals surface area contributed by atoms with Crippen LogP contribution < -0.4 is 19.1 Å². The van der Waals surface area contributed by atoms with E-state index < -0.39 is 0 Å². The zero-order chi connectivity index (χ0) is 23.4. The minimum absolute atomic E-state index is 0.109.